The molecule has 0 amide bonds. The van der Waals surface area contributed by atoms with Gasteiger partial charge in [0.15, 0.2) is 15.1 Å². The predicted molar refractivity (Wildman–Crippen MR) is 80.6 cm³/mol. The molecule has 0 spiro atoms. The van der Waals surface area contributed by atoms with Crippen molar-refractivity contribution in [2.75, 3.05) is 6.61 Å². The van der Waals surface area contributed by atoms with Crippen molar-refractivity contribution in [3.05, 3.63) is 42.5 Å². The summed E-state index contributed by atoms with van der Waals surface area (Å²) in [4.78, 5) is 12.3. The summed E-state index contributed by atoms with van der Waals surface area (Å²) >= 11 is 0. The summed E-state index contributed by atoms with van der Waals surface area (Å²) in [7, 11) is -3.72. The first kappa shape index (κ1) is 15.8. The predicted octanol–water partition coefficient (Wildman–Crippen LogP) is 2.89. The molecular formula is C16H20O4S. The fraction of sp³-hybridized carbons (Fsp3) is 0.438. The molecule has 0 saturated carbocycles. The highest BCUT2D eigenvalue weighted by Crippen LogP contribution is 2.21. The van der Waals surface area contributed by atoms with Crippen LogP contribution in [0.3, 0.4) is 0 Å². The Morgan fingerprint density at radius 3 is 2.52 bits per heavy atom. The monoisotopic (exact) mass is 308 g/mol. The van der Waals surface area contributed by atoms with Gasteiger partial charge in [-0.3, -0.25) is 4.79 Å². The summed E-state index contributed by atoms with van der Waals surface area (Å²) in [5, 5.41) is -1.16. The molecule has 1 aromatic rings. The normalized spacial score (nSPS) is 22.9. The van der Waals surface area contributed by atoms with Crippen LogP contribution >= 0.6 is 0 Å². The standard InChI is InChI=1S/C16H20O4S/c17-16-15(12-8-3-1-2-4-9-13-20-16)21(18,19)14-10-6-5-7-11-14/h3,5-8,10-11,15H,1-2,4,9,12-13H2/b8-3+. The molecule has 0 bridgehead atoms. The number of benzene rings is 1. The van der Waals surface area contributed by atoms with Crippen LogP contribution in [0.2, 0.25) is 0 Å². The number of hydrogen-bond acceptors (Lipinski definition) is 4. The van der Waals surface area contributed by atoms with Crippen molar-refractivity contribution in [1.82, 2.24) is 0 Å². The minimum absolute atomic E-state index is 0.162. The second-order valence-corrected chi connectivity index (χ2v) is 7.20. The van der Waals surface area contributed by atoms with Crippen LogP contribution in [0.4, 0.5) is 0 Å². The number of carbonyl (C=O) groups is 1. The third kappa shape index (κ3) is 4.17. The van der Waals surface area contributed by atoms with E-state index in [2.05, 4.69) is 0 Å². The highest BCUT2D eigenvalue weighted by atomic mass is 32.2. The molecule has 0 aliphatic carbocycles. The maximum Gasteiger partial charge on any atom is 0.325 e. The average Bonchev–Trinajstić information content (AvgIpc) is 2.53. The minimum Gasteiger partial charge on any atom is -0.465 e. The highest BCUT2D eigenvalue weighted by molar-refractivity contribution is 7.92. The lowest BCUT2D eigenvalue weighted by molar-refractivity contribution is -0.143. The Hall–Kier alpha value is -1.62. The second-order valence-electron chi connectivity index (χ2n) is 5.07. The Bertz CT molecular complexity index is 590. The van der Waals surface area contributed by atoms with E-state index in [-0.39, 0.29) is 11.3 Å². The van der Waals surface area contributed by atoms with Gasteiger partial charge >= 0.3 is 5.97 Å². The van der Waals surface area contributed by atoms with E-state index in [1.807, 2.05) is 6.08 Å². The summed E-state index contributed by atoms with van der Waals surface area (Å²) in [6.07, 6.45) is 7.59. The number of rotatable bonds is 2. The van der Waals surface area contributed by atoms with Gasteiger partial charge in [0.1, 0.15) is 0 Å². The van der Waals surface area contributed by atoms with Crippen LogP contribution in [0.1, 0.15) is 32.1 Å². The van der Waals surface area contributed by atoms with E-state index in [1.165, 1.54) is 12.1 Å². The molecule has 114 valence electrons. The molecule has 1 aromatic carbocycles. The van der Waals surface area contributed by atoms with Crippen molar-refractivity contribution in [1.29, 1.82) is 0 Å². The smallest absolute Gasteiger partial charge is 0.325 e. The molecule has 1 atom stereocenters. The fourth-order valence-electron chi connectivity index (χ4n) is 2.27. The van der Waals surface area contributed by atoms with Crippen LogP contribution in [0, 0.1) is 0 Å². The third-order valence-corrected chi connectivity index (χ3v) is 5.55. The van der Waals surface area contributed by atoms with Crippen molar-refractivity contribution in [3.8, 4) is 0 Å². The van der Waals surface area contributed by atoms with Gasteiger partial charge in [0.05, 0.1) is 11.5 Å². The van der Waals surface area contributed by atoms with Gasteiger partial charge in [0.25, 0.3) is 0 Å². The molecule has 0 fully saturated rings. The lowest BCUT2D eigenvalue weighted by atomic mass is 10.2. The molecule has 1 unspecified atom stereocenters. The number of hydrogen-bond donors (Lipinski definition) is 0. The molecular weight excluding hydrogens is 288 g/mol. The first-order valence-corrected chi connectivity index (χ1v) is 8.77. The summed E-state index contributed by atoms with van der Waals surface area (Å²) in [6, 6.07) is 8.07. The van der Waals surface area contributed by atoms with E-state index in [1.54, 1.807) is 24.3 Å². The van der Waals surface area contributed by atoms with Gasteiger partial charge < -0.3 is 4.74 Å². The van der Waals surface area contributed by atoms with Gasteiger partial charge in [-0.25, -0.2) is 8.42 Å². The largest absolute Gasteiger partial charge is 0.465 e. The quantitative estimate of drug-likeness (QED) is 0.622. The summed E-state index contributed by atoms with van der Waals surface area (Å²) in [5.74, 6) is -0.648. The zero-order valence-corrected chi connectivity index (χ0v) is 12.7. The van der Waals surface area contributed by atoms with Gasteiger partial charge in [-0.2, -0.15) is 0 Å². The minimum atomic E-state index is -3.72. The molecule has 5 heteroatoms. The Balaban J connectivity index is 2.27. The number of cyclic esters (lactones) is 1. The molecule has 2 rings (SSSR count). The van der Waals surface area contributed by atoms with Crippen LogP contribution in [0.5, 0.6) is 0 Å². The fourth-order valence-corrected chi connectivity index (χ4v) is 3.82. The highest BCUT2D eigenvalue weighted by Gasteiger charge is 2.34. The number of esters is 1. The zero-order valence-electron chi connectivity index (χ0n) is 11.9. The molecule has 0 aromatic heterocycles. The van der Waals surface area contributed by atoms with Crippen molar-refractivity contribution >= 4 is 15.8 Å². The van der Waals surface area contributed by atoms with E-state index in [4.69, 9.17) is 4.74 Å². The molecule has 0 N–H and O–H groups in total. The van der Waals surface area contributed by atoms with Crippen molar-refractivity contribution < 1.29 is 17.9 Å². The van der Waals surface area contributed by atoms with Gasteiger partial charge in [0, 0.05) is 0 Å². The summed E-state index contributed by atoms with van der Waals surface area (Å²) < 4.78 is 30.4. The molecule has 1 aliphatic rings. The molecule has 0 saturated heterocycles. The van der Waals surface area contributed by atoms with E-state index in [9.17, 15) is 13.2 Å². The van der Waals surface area contributed by atoms with Crippen LogP contribution in [-0.2, 0) is 19.4 Å². The Morgan fingerprint density at radius 1 is 1.00 bits per heavy atom. The van der Waals surface area contributed by atoms with Crippen molar-refractivity contribution in [2.24, 2.45) is 0 Å². The number of carbonyl (C=O) groups excluding carboxylic acids is 1. The molecule has 4 nitrogen and oxygen atoms in total. The van der Waals surface area contributed by atoms with Gasteiger partial charge in [-0.1, -0.05) is 30.4 Å². The Kier molecular flexibility index (Phi) is 5.56. The van der Waals surface area contributed by atoms with Crippen LogP contribution in [0.25, 0.3) is 0 Å². The molecule has 1 heterocycles. The van der Waals surface area contributed by atoms with E-state index in [0.29, 0.717) is 6.61 Å². The number of sulfone groups is 1. The molecule has 0 radical (unpaired) electrons. The lowest BCUT2D eigenvalue weighted by Crippen LogP contribution is -2.32. The Labute approximate surface area is 125 Å². The summed E-state index contributed by atoms with van der Waals surface area (Å²) in [5.41, 5.74) is 0. The van der Waals surface area contributed by atoms with Gasteiger partial charge in [-0.15, -0.1) is 0 Å². The van der Waals surface area contributed by atoms with E-state index < -0.39 is 21.1 Å². The SMILES string of the molecule is O=C1OCCCCC/C=C/CC1S(=O)(=O)c1ccccc1. The van der Waals surface area contributed by atoms with Crippen molar-refractivity contribution in [2.45, 2.75) is 42.2 Å². The maximum atomic E-state index is 12.6. The van der Waals surface area contributed by atoms with Crippen LogP contribution in [-0.4, -0.2) is 26.2 Å². The van der Waals surface area contributed by atoms with Crippen molar-refractivity contribution in [3.63, 3.8) is 0 Å². The molecule has 1 aliphatic heterocycles. The maximum absolute atomic E-state index is 12.6. The first-order valence-electron chi connectivity index (χ1n) is 7.23. The average molecular weight is 308 g/mol. The van der Waals surface area contributed by atoms with Gasteiger partial charge in [0.2, 0.25) is 0 Å². The second kappa shape index (κ2) is 7.41. The zero-order chi connectivity index (χ0) is 15.1. The van der Waals surface area contributed by atoms with Crippen LogP contribution < -0.4 is 0 Å². The lowest BCUT2D eigenvalue weighted by Gasteiger charge is -2.15. The third-order valence-electron chi connectivity index (χ3n) is 3.49. The number of ether oxygens (including phenoxy) is 1. The van der Waals surface area contributed by atoms with Gasteiger partial charge in [-0.05, 0) is 44.2 Å². The Morgan fingerprint density at radius 2 is 1.76 bits per heavy atom. The summed E-state index contributed by atoms with van der Waals surface area (Å²) in [6.45, 7) is 0.291. The molecule has 21 heavy (non-hydrogen) atoms. The van der Waals surface area contributed by atoms with Crippen LogP contribution in [0.15, 0.2) is 47.4 Å². The topological polar surface area (TPSA) is 60.4 Å². The first-order chi connectivity index (χ1) is 10.1. The van der Waals surface area contributed by atoms with E-state index in [0.717, 1.165) is 25.7 Å². The van der Waals surface area contributed by atoms with E-state index >= 15 is 0 Å². The number of allylic oxidation sites excluding steroid dienone is 2.